The van der Waals surface area contributed by atoms with Crippen LogP contribution in [0.2, 0.25) is 0 Å². The molecule has 66 valence electrons. The van der Waals surface area contributed by atoms with E-state index in [4.69, 9.17) is 22.1 Å². The Morgan fingerprint density at radius 2 is 1.85 bits per heavy atom. The maximum Gasteiger partial charge on any atom is 0.122 e. The van der Waals surface area contributed by atoms with Crippen LogP contribution in [-0.2, 0) is 0 Å². The molecule has 3 nitrogen and oxygen atoms in total. The van der Waals surface area contributed by atoms with Crippen molar-refractivity contribution in [3.8, 4) is 12.1 Å². The van der Waals surface area contributed by atoms with Gasteiger partial charge in [-0.25, -0.2) is 0 Å². The molecule has 0 aliphatic carbocycles. The number of allylic oxidation sites excluding steroid dienone is 2. The summed E-state index contributed by atoms with van der Waals surface area (Å²) in [6, 6.07) is 3.91. The second-order valence-corrected chi connectivity index (χ2v) is 3.21. The Morgan fingerprint density at radius 3 is 2.31 bits per heavy atom. The van der Waals surface area contributed by atoms with Crippen molar-refractivity contribution in [3.05, 3.63) is 21.9 Å². The molecule has 0 radical (unpaired) electrons. The van der Waals surface area contributed by atoms with Crippen molar-refractivity contribution in [2.75, 3.05) is 0 Å². The van der Waals surface area contributed by atoms with Crippen LogP contribution in [0.4, 0.5) is 0 Å². The van der Waals surface area contributed by atoms with Crippen molar-refractivity contribution in [2.24, 2.45) is 0 Å². The molecule has 0 bridgehead atoms. The van der Waals surface area contributed by atoms with Gasteiger partial charge in [-0.2, -0.15) is 10.5 Å². The van der Waals surface area contributed by atoms with E-state index in [0.29, 0.717) is 5.57 Å². The minimum atomic E-state index is 0.0132. The SMILES string of the molecule is CC1=C(C#N)C(C#N)=C(Cl)N[C@@H]1C. The van der Waals surface area contributed by atoms with E-state index in [1.165, 1.54) is 0 Å². The Labute approximate surface area is 81.9 Å². The molecule has 0 aromatic carbocycles. The summed E-state index contributed by atoms with van der Waals surface area (Å²) in [7, 11) is 0. The van der Waals surface area contributed by atoms with Crippen LogP contribution in [0.5, 0.6) is 0 Å². The fraction of sp³-hybridized carbons (Fsp3) is 0.333. The lowest BCUT2D eigenvalue weighted by molar-refractivity contribution is 0.697. The van der Waals surface area contributed by atoms with Gasteiger partial charge in [-0.1, -0.05) is 11.6 Å². The normalized spacial score (nSPS) is 22.1. The number of dihydropyridines is 1. The van der Waals surface area contributed by atoms with E-state index in [0.717, 1.165) is 5.57 Å². The van der Waals surface area contributed by atoms with Crippen LogP contribution in [-0.4, -0.2) is 6.04 Å². The third-order valence-electron chi connectivity index (χ3n) is 2.08. The molecular weight excluding hydrogens is 186 g/mol. The summed E-state index contributed by atoms with van der Waals surface area (Å²) in [5.74, 6) is 0. The predicted molar refractivity (Wildman–Crippen MR) is 49.4 cm³/mol. The zero-order chi connectivity index (χ0) is 10.0. The van der Waals surface area contributed by atoms with Gasteiger partial charge in [-0.15, -0.1) is 0 Å². The molecule has 1 aliphatic heterocycles. The Morgan fingerprint density at radius 1 is 1.31 bits per heavy atom. The van der Waals surface area contributed by atoms with Gasteiger partial charge in [0.1, 0.15) is 22.9 Å². The summed E-state index contributed by atoms with van der Waals surface area (Å²) in [5.41, 5.74) is 1.47. The molecule has 0 spiro atoms. The van der Waals surface area contributed by atoms with Gasteiger partial charge in [0.2, 0.25) is 0 Å². The van der Waals surface area contributed by atoms with E-state index in [2.05, 4.69) is 5.32 Å². The van der Waals surface area contributed by atoms with Crippen LogP contribution < -0.4 is 5.32 Å². The minimum Gasteiger partial charge on any atom is -0.368 e. The molecule has 0 aromatic heterocycles. The lowest BCUT2D eigenvalue weighted by Crippen LogP contribution is -2.30. The number of nitrogens with one attached hydrogen (secondary N) is 1. The largest absolute Gasteiger partial charge is 0.368 e. The van der Waals surface area contributed by atoms with Crippen molar-refractivity contribution < 1.29 is 0 Å². The first kappa shape index (κ1) is 9.64. The van der Waals surface area contributed by atoms with Gasteiger partial charge >= 0.3 is 0 Å². The molecule has 0 amide bonds. The van der Waals surface area contributed by atoms with Crippen molar-refractivity contribution in [1.82, 2.24) is 5.32 Å². The average Bonchev–Trinajstić information content (AvgIpc) is 2.10. The minimum absolute atomic E-state index is 0.0132. The predicted octanol–water partition coefficient (Wildman–Crippen LogP) is 1.79. The van der Waals surface area contributed by atoms with Gasteiger partial charge in [0.25, 0.3) is 0 Å². The molecule has 0 saturated carbocycles. The lowest BCUT2D eigenvalue weighted by atomic mass is 9.96. The molecule has 13 heavy (non-hydrogen) atoms. The molecule has 1 heterocycles. The summed E-state index contributed by atoms with van der Waals surface area (Å²) in [6.45, 7) is 3.71. The molecular formula is C9H8ClN3. The highest BCUT2D eigenvalue weighted by Crippen LogP contribution is 2.25. The van der Waals surface area contributed by atoms with Gasteiger partial charge in [-0.05, 0) is 19.4 Å². The molecule has 1 N–H and O–H groups in total. The first-order chi connectivity index (χ1) is 6.11. The first-order valence-electron chi connectivity index (χ1n) is 3.79. The van der Waals surface area contributed by atoms with E-state index < -0.39 is 0 Å². The fourth-order valence-corrected chi connectivity index (χ4v) is 1.44. The molecule has 1 aliphatic rings. The first-order valence-corrected chi connectivity index (χ1v) is 4.17. The van der Waals surface area contributed by atoms with E-state index in [-0.39, 0.29) is 16.8 Å². The van der Waals surface area contributed by atoms with Gasteiger partial charge in [0.15, 0.2) is 0 Å². The third kappa shape index (κ3) is 1.52. The second kappa shape index (κ2) is 3.51. The number of hydrogen-bond acceptors (Lipinski definition) is 3. The van der Waals surface area contributed by atoms with Crippen LogP contribution in [0.15, 0.2) is 21.9 Å². The quantitative estimate of drug-likeness (QED) is 0.597. The van der Waals surface area contributed by atoms with Crippen LogP contribution in [0.25, 0.3) is 0 Å². The molecule has 4 heteroatoms. The molecule has 1 rings (SSSR count). The van der Waals surface area contributed by atoms with Gasteiger partial charge in [0, 0.05) is 6.04 Å². The van der Waals surface area contributed by atoms with Crippen molar-refractivity contribution >= 4 is 11.6 Å². The topological polar surface area (TPSA) is 59.6 Å². The highest BCUT2D eigenvalue weighted by molar-refractivity contribution is 6.30. The third-order valence-corrected chi connectivity index (χ3v) is 2.38. The standard InChI is InChI=1S/C9H8ClN3/c1-5-6(2)13-9(10)8(4-12)7(5)3-11/h6,13H,1-2H3/t6-/m1/s1. The van der Waals surface area contributed by atoms with E-state index in [9.17, 15) is 0 Å². The van der Waals surface area contributed by atoms with Crippen LogP contribution in [0, 0.1) is 22.7 Å². The van der Waals surface area contributed by atoms with E-state index >= 15 is 0 Å². The van der Waals surface area contributed by atoms with Gasteiger partial charge in [0.05, 0.1) is 5.57 Å². The maximum atomic E-state index is 8.82. The maximum absolute atomic E-state index is 8.82. The molecule has 1 atom stereocenters. The zero-order valence-corrected chi connectivity index (χ0v) is 8.11. The summed E-state index contributed by atoms with van der Waals surface area (Å²) in [5, 5.41) is 20.7. The second-order valence-electron chi connectivity index (χ2n) is 2.84. The fourth-order valence-electron chi connectivity index (χ4n) is 1.14. The summed E-state index contributed by atoms with van der Waals surface area (Å²) in [6.07, 6.45) is 0. The monoisotopic (exact) mass is 193 g/mol. The summed E-state index contributed by atoms with van der Waals surface area (Å²) < 4.78 is 0. The van der Waals surface area contributed by atoms with Crippen LogP contribution >= 0.6 is 11.6 Å². The Kier molecular flexibility index (Phi) is 2.60. The number of rotatable bonds is 0. The molecule has 0 unspecified atom stereocenters. The zero-order valence-electron chi connectivity index (χ0n) is 7.35. The smallest absolute Gasteiger partial charge is 0.122 e. The summed E-state index contributed by atoms with van der Waals surface area (Å²) >= 11 is 5.78. The van der Waals surface area contributed by atoms with E-state index in [1.807, 2.05) is 26.0 Å². The number of hydrogen-bond donors (Lipinski definition) is 1. The molecule has 0 fully saturated rings. The van der Waals surface area contributed by atoms with Gasteiger partial charge in [-0.3, -0.25) is 0 Å². The van der Waals surface area contributed by atoms with Gasteiger partial charge < -0.3 is 5.32 Å². The Bertz CT molecular complexity index is 379. The van der Waals surface area contributed by atoms with Crippen molar-refractivity contribution in [1.29, 1.82) is 10.5 Å². The number of nitriles is 2. The summed E-state index contributed by atoms with van der Waals surface area (Å²) in [4.78, 5) is 0. The van der Waals surface area contributed by atoms with Crippen LogP contribution in [0.3, 0.4) is 0 Å². The number of nitrogens with zero attached hydrogens (tertiary/aromatic N) is 2. The van der Waals surface area contributed by atoms with E-state index in [1.54, 1.807) is 0 Å². The average molecular weight is 194 g/mol. The lowest BCUT2D eigenvalue weighted by Gasteiger charge is -2.22. The van der Waals surface area contributed by atoms with Crippen molar-refractivity contribution in [2.45, 2.75) is 19.9 Å². The molecule has 0 aromatic rings. The Hall–Kier alpha value is -1.45. The van der Waals surface area contributed by atoms with Crippen molar-refractivity contribution in [3.63, 3.8) is 0 Å². The highest BCUT2D eigenvalue weighted by atomic mass is 35.5. The van der Waals surface area contributed by atoms with Crippen LogP contribution in [0.1, 0.15) is 13.8 Å². The molecule has 0 saturated heterocycles. The number of halogens is 1. The Balaban J connectivity index is 3.32. The highest BCUT2D eigenvalue weighted by Gasteiger charge is 2.22.